The van der Waals surface area contributed by atoms with Crippen LogP contribution >= 0.6 is 0 Å². The van der Waals surface area contributed by atoms with Crippen molar-refractivity contribution in [2.45, 2.75) is 0 Å². The van der Waals surface area contributed by atoms with Crippen LogP contribution < -0.4 is 0 Å². The summed E-state index contributed by atoms with van der Waals surface area (Å²) in [6, 6.07) is 15.8. The number of H-pyrrole nitrogens is 1. The highest BCUT2D eigenvalue weighted by Crippen LogP contribution is 2.31. The van der Waals surface area contributed by atoms with E-state index < -0.39 is 0 Å². The first kappa shape index (κ1) is 9.41. The van der Waals surface area contributed by atoms with Gasteiger partial charge in [0.15, 0.2) is 0 Å². The number of aromatic nitrogens is 3. The maximum Gasteiger partial charge on any atom is 0.137 e. The Morgan fingerprint density at radius 3 is 2.83 bits per heavy atom. The maximum atomic E-state index is 5.85. The van der Waals surface area contributed by atoms with Crippen molar-refractivity contribution >= 4 is 22.0 Å². The van der Waals surface area contributed by atoms with Crippen LogP contribution in [-0.2, 0) is 0 Å². The Bertz CT molecular complexity index is 811. The second-order valence-corrected chi connectivity index (χ2v) is 4.15. The van der Waals surface area contributed by atoms with Gasteiger partial charge in [0, 0.05) is 10.9 Å². The maximum absolute atomic E-state index is 5.85. The minimum atomic E-state index is 0.815. The van der Waals surface area contributed by atoms with Crippen LogP contribution in [0.5, 0.6) is 0 Å². The second-order valence-electron chi connectivity index (χ2n) is 4.15. The molecule has 4 nitrogen and oxygen atoms in total. The van der Waals surface area contributed by atoms with Gasteiger partial charge in [-0.3, -0.25) is 0 Å². The lowest BCUT2D eigenvalue weighted by atomic mass is 10.1. The lowest BCUT2D eigenvalue weighted by Gasteiger charge is -1.95. The Morgan fingerprint density at radius 2 is 1.89 bits per heavy atom. The molecule has 4 aromatic rings. The Labute approximate surface area is 102 Å². The summed E-state index contributed by atoms with van der Waals surface area (Å²) >= 11 is 0. The molecular weight excluding hydrogens is 226 g/mol. The number of hydrogen-bond acceptors (Lipinski definition) is 3. The molecule has 0 saturated carbocycles. The van der Waals surface area contributed by atoms with E-state index in [1.54, 1.807) is 0 Å². The predicted octanol–water partition coefficient (Wildman–Crippen LogP) is 3.37. The summed E-state index contributed by atoms with van der Waals surface area (Å²) in [7, 11) is 0. The molecule has 1 N–H and O–H groups in total. The molecule has 0 radical (unpaired) electrons. The van der Waals surface area contributed by atoms with Crippen LogP contribution in [0.1, 0.15) is 0 Å². The van der Waals surface area contributed by atoms with Crippen molar-refractivity contribution in [1.29, 1.82) is 0 Å². The lowest BCUT2D eigenvalue weighted by molar-refractivity contribution is 0.632. The zero-order valence-electron chi connectivity index (χ0n) is 9.42. The molecule has 2 heterocycles. The minimum Gasteiger partial charge on any atom is -0.456 e. The van der Waals surface area contributed by atoms with Crippen LogP contribution in [-0.4, -0.2) is 15.4 Å². The zero-order chi connectivity index (χ0) is 11.9. The van der Waals surface area contributed by atoms with Crippen LogP contribution in [0.4, 0.5) is 0 Å². The van der Waals surface area contributed by atoms with Gasteiger partial charge in [0.1, 0.15) is 22.4 Å². The molecule has 0 aliphatic heterocycles. The Hall–Kier alpha value is -2.62. The average molecular weight is 235 g/mol. The van der Waals surface area contributed by atoms with Crippen LogP contribution in [0.25, 0.3) is 33.3 Å². The second kappa shape index (κ2) is 3.43. The van der Waals surface area contributed by atoms with Gasteiger partial charge in [-0.15, -0.1) is 0 Å². The van der Waals surface area contributed by atoms with E-state index in [1.807, 2.05) is 48.5 Å². The normalized spacial score (nSPS) is 11.3. The Balaban J connectivity index is 2.04. The third-order valence-corrected chi connectivity index (χ3v) is 3.04. The molecule has 2 aromatic carbocycles. The molecule has 0 atom stereocenters. The highest BCUT2D eigenvalue weighted by Gasteiger charge is 2.11. The molecule has 0 bridgehead atoms. The first-order chi connectivity index (χ1) is 8.92. The van der Waals surface area contributed by atoms with Crippen molar-refractivity contribution in [3.05, 3.63) is 48.5 Å². The van der Waals surface area contributed by atoms with Gasteiger partial charge in [-0.2, -0.15) is 15.4 Å². The molecule has 4 heteroatoms. The largest absolute Gasteiger partial charge is 0.456 e. The Kier molecular flexibility index (Phi) is 1.80. The third kappa shape index (κ3) is 1.26. The van der Waals surface area contributed by atoms with Gasteiger partial charge in [-0.05, 0) is 24.3 Å². The van der Waals surface area contributed by atoms with Gasteiger partial charge in [-0.1, -0.05) is 24.3 Å². The van der Waals surface area contributed by atoms with E-state index in [2.05, 4.69) is 15.4 Å². The smallest absolute Gasteiger partial charge is 0.137 e. The molecule has 2 aromatic heterocycles. The monoisotopic (exact) mass is 235 g/mol. The van der Waals surface area contributed by atoms with Crippen LogP contribution in [0.2, 0.25) is 0 Å². The summed E-state index contributed by atoms with van der Waals surface area (Å²) in [5.41, 5.74) is 3.51. The van der Waals surface area contributed by atoms with Gasteiger partial charge in [-0.25, -0.2) is 0 Å². The molecule has 0 amide bonds. The third-order valence-electron chi connectivity index (χ3n) is 3.04. The average Bonchev–Trinajstić information content (AvgIpc) is 3.04. The molecule has 0 spiro atoms. The number of nitrogens with one attached hydrogen (secondary N) is 1. The highest BCUT2D eigenvalue weighted by molar-refractivity contribution is 5.92. The zero-order valence-corrected chi connectivity index (χ0v) is 9.42. The summed E-state index contributed by atoms with van der Waals surface area (Å²) in [4.78, 5) is 0. The van der Waals surface area contributed by atoms with Crippen LogP contribution in [0.3, 0.4) is 0 Å². The molecule has 0 aliphatic rings. The molecule has 0 fully saturated rings. The van der Waals surface area contributed by atoms with Crippen LogP contribution in [0.15, 0.2) is 52.9 Å². The summed E-state index contributed by atoms with van der Waals surface area (Å²) < 4.78 is 5.85. The van der Waals surface area contributed by atoms with E-state index in [4.69, 9.17) is 4.42 Å². The van der Waals surface area contributed by atoms with Gasteiger partial charge in [0.25, 0.3) is 0 Å². The fourth-order valence-electron chi connectivity index (χ4n) is 2.18. The van der Waals surface area contributed by atoms with Crippen molar-refractivity contribution in [2.24, 2.45) is 0 Å². The molecule has 4 rings (SSSR count). The summed E-state index contributed by atoms with van der Waals surface area (Å²) in [5, 5.41) is 12.0. The van der Waals surface area contributed by atoms with Gasteiger partial charge >= 0.3 is 0 Å². The van der Waals surface area contributed by atoms with Crippen molar-refractivity contribution < 1.29 is 4.42 Å². The number of fused-ring (bicyclic) bond motifs is 2. The standard InChI is InChI=1S/C14H9N3O/c1-2-7-12-9(4-1)8-13(18-12)10-5-3-6-11-14(10)16-17-15-11/h1-8H,(H,15,16,17). The predicted molar refractivity (Wildman–Crippen MR) is 69.1 cm³/mol. The van der Waals surface area contributed by atoms with E-state index in [-0.39, 0.29) is 0 Å². The van der Waals surface area contributed by atoms with E-state index in [9.17, 15) is 0 Å². The number of rotatable bonds is 1. The quantitative estimate of drug-likeness (QED) is 0.550. The number of para-hydroxylation sites is 2. The molecule has 0 aliphatic carbocycles. The Morgan fingerprint density at radius 1 is 0.944 bits per heavy atom. The first-order valence-electron chi connectivity index (χ1n) is 5.70. The van der Waals surface area contributed by atoms with Gasteiger partial charge in [0.2, 0.25) is 0 Å². The number of furan rings is 1. The molecule has 18 heavy (non-hydrogen) atoms. The van der Waals surface area contributed by atoms with Crippen LogP contribution in [0, 0.1) is 0 Å². The molecular formula is C14H9N3O. The summed E-state index contributed by atoms with van der Waals surface area (Å²) in [5.74, 6) is 0.815. The van der Waals surface area contributed by atoms with E-state index in [0.717, 1.165) is 33.3 Å². The first-order valence-corrected chi connectivity index (χ1v) is 5.70. The van der Waals surface area contributed by atoms with Crippen molar-refractivity contribution in [3.63, 3.8) is 0 Å². The van der Waals surface area contributed by atoms with Crippen molar-refractivity contribution in [1.82, 2.24) is 15.4 Å². The SMILES string of the molecule is c1ccc2oc(-c3cccc4n[nH]nc34)cc2c1. The highest BCUT2D eigenvalue weighted by atomic mass is 16.3. The van der Waals surface area contributed by atoms with Crippen molar-refractivity contribution in [3.8, 4) is 11.3 Å². The molecule has 0 saturated heterocycles. The lowest BCUT2D eigenvalue weighted by Crippen LogP contribution is -1.77. The van der Waals surface area contributed by atoms with E-state index in [0.29, 0.717) is 0 Å². The van der Waals surface area contributed by atoms with E-state index >= 15 is 0 Å². The number of nitrogens with zero attached hydrogens (tertiary/aromatic N) is 2. The number of benzene rings is 2. The fraction of sp³-hybridized carbons (Fsp3) is 0. The number of aromatic amines is 1. The van der Waals surface area contributed by atoms with Gasteiger partial charge < -0.3 is 4.42 Å². The topological polar surface area (TPSA) is 54.7 Å². The van der Waals surface area contributed by atoms with E-state index in [1.165, 1.54) is 0 Å². The number of hydrogen-bond donors (Lipinski definition) is 1. The van der Waals surface area contributed by atoms with Gasteiger partial charge in [0.05, 0.1) is 0 Å². The fourth-order valence-corrected chi connectivity index (χ4v) is 2.18. The molecule has 86 valence electrons. The van der Waals surface area contributed by atoms with Crippen molar-refractivity contribution in [2.75, 3.05) is 0 Å². The summed E-state index contributed by atoms with van der Waals surface area (Å²) in [6.07, 6.45) is 0. The summed E-state index contributed by atoms with van der Waals surface area (Å²) in [6.45, 7) is 0. The molecule has 0 unspecified atom stereocenters. The minimum absolute atomic E-state index is 0.815.